The van der Waals surface area contributed by atoms with Gasteiger partial charge in [-0.2, -0.15) is 0 Å². The van der Waals surface area contributed by atoms with E-state index in [1.54, 1.807) is 17.0 Å². The number of nitrogens with one attached hydrogen (secondary N) is 1. The zero-order chi connectivity index (χ0) is 19.6. The average Bonchev–Trinajstić information content (AvgIpc) is 3.03. The van der Waals surface area contributed by atoms with Crippen molar-refractivity contribution in [3.05, 3.63) is 53.6 Å². The second kappa shape index (κ2) is 7.61. The summed E-state index contributed by atoms with van der Waals surface area (Å²) in [4.78, 5) is 13.2. The van der Waals surface area contributed by atoms with Crippen LogP contribution in [-0.4, -0.2) is 34.0 Å². The van der Waals surface area contributed by atoms with Gasteiger partial charge in [-0.25, -0.2) is 21.9 Å². The molecule has 1 N–H and O–H groups in total. The number of carbonyl (C=O) groups is 1. The second-order valence-corrected chi connectivity index (χ2v) is 7.80. The van der Waals surface area contributed by atoms with Crippen molar-refractivity contribution < 1.29 is 26.7 Å². The standard InChI is InChI=1S/C18H18F2N2O4S/c1-12(23)22-8-6-13-10-15(3-4-17(13)22)27(24,25)21-7-9-26-18-5-2-14(19)11-16(18)20/h2-5,10-11,21H,6-9H2,1H3. The van der Waals surface area contributed by atoms with Crippen LogP contribution in [0.25, 0.3) is 0 Å². The summed E-state index contributed by atoms with van der Waals surface area (Å²) in [5, 5.41) is 0. The maximum absolute atomic E-state index is 13.5. The van der Waals surface area contributed by atoms with E-state index >= 15 is 0 Å². The Morgan fingerprint density at radius 1 is 1.22 bits per heavy atom. The lowest BCUT2D eigenvalue weighted by Crippen LogP contribution is -2.28. The molecule has 2 aromatic carbocycles. The second-order valence-electron chi connectivity index (χ2n) is 6.03. The molecule has 0 saturated carbocycles. The minimum atomic E-state index is -3.78. The lowest BCUT2D eigenvalue weighted by atomic mass is 10.2. The van der Waals surface area contributed by atoms with Crippen LogP contribution in [0.3, 0.4) is 0 Å². The monoisotopic (exact) mass is 396 g/mol. The number of anilines is 1. The highest BCUT2D eigenvalue weighted by Crippen LogP contribution is 2.30. The smallest absolute Gasteiger partial charge is 0.240 e. The van der Waals surface area contributed by atoms with Crippen molar-refractivity contribution in [1.82, 2.24) is 4.72 Å². The molecule has 2 aromatic rings. The van der Waals surface area contributed by atoms with Gasteiger partial charge in [0, 0.05) is 31.8 Å². The number of hydrogen-bond donors (Lipinski definition) is 1. The van der Waals surface area contributed by atoms with E-state index in [1.807, 2.05) is 0 Å². The SMILES string of the molecule is CC(=O)N1CCc2cc(S(=O)(=O)NCCOc3ccc(F)cc3F)ccc21. The number of fused-ring (bicyclic) bond motifs is 1. The molecule has 1 aliphatic heterocycles. The van der Waals surface area contributed by atoms with E-state index in [-0.39, 0.29) is 29.7 Å². The highest BCUT2D eigenvalue weighted by Gasteiger charge is 2.24. The van der Waals surface area contributed by atoms with Crippen LogP contribution in [-0.2, 0) is 21.2 Å². The topological polar surface area (TPSA) is 75.7 Å². The first-order valence-corrected chi connectivity index (χ1v) is 9.75. The number of halogens is 2. The fourth-order valence-electron chi connectivity index (χ4n) is 2.88. The van der Waals surface area contributed by atoms with Crippen LogP contribution in [0.2, 0.25) is 0 Å². The maximum atomic E-state index is 13.5. The molecule has 1 amide bonds. The Balaban J connectivity index is 1.61. The van der Waals surface area contributed by atoms with Crippen molar-refractivity contribution >= 4 is 21.6 Å². The molecule has 0 unspecified atom stereocenters. The molecule has 3 rings (SSSR count). The lowest BCUT2D eigenvalue weighted by molar-refractivity contribution is -0.116. The Kier molecular flexibility index (Phi) is 5.43. The molecular weight excluding hydrogens is 378 g/mol. The van der Waals surface area contributed by atoms with Crippen LogP contribution in [0.4, 0.5) is 14.5 Å². The highest BCUT2D eigenvalue weighted by molar-refractivity contribution is 7.89. The zero-order valence-electron chi connectivity index (χ0n) is 14.5. The molecule has 27 heavy (non-hydrogen) atoms. The van der Waals surface area contributed by atoms with E-state index in [1.165, 1.54) is 13.0 Å². The van der Waals surface area contributed by atoms with Gasteiger partial charge in [-0.1, -0.05) is 0 Å². The molecule has 1 aliphatic rings. The van der Waals surface area contributed by atoms with E-state index in [9.17, 15) is 22.0 Å². The van der Waals surface area contributed by atoms with Crippen molar-refractivity contribution in [3.8, 4) is 5.75 Å². The van der Waals surface area contributed by atoms with E-state index in [0.717, 1.165) is 23.4 Å². The summed E-state index contributed by atoms with van der Waals surface area (Å²) in [5.41, 5.74) is 1.51. The van der Waals surface area contributed by atoms with Crippen LogP contribution in [0, 0.1) is 11.6 Å². The maximum Gasteiger partial charge on any atom is 0.240 e. The number of ether oxygens (including phenoxy) is 1. The molecule has 1 heterocycles. The van der Waals surface area contributed by atoms with E-state index in [2.05, 4.69) is 4.72 Å². The van der Waals surface area contributed by atoms with Crippen molar-refractivity contribution in [2.24, 2.45) is 0 Å². The van der Waals surface area contributed by atoms with Gasteiger partial charge in [0.1, 0.15) is 12.4 Å². The van der Waals surface area contributed by atoms with Crippen molar-refractivity contribution in [3.63, 3.8) is 0 Å². The third kappa shape index (κ3) is 4.25. The number of benzene rings is 2. The van der Waals surface area contributed by atoms with Crippen LogP contribution in [0.1, 0.15) is 12.5 Å². The molecule has 0 spiro atoms. The molecule has 0 fully saturated rings. The van der Waals surface area contributed by atoms with Crippen LogP contribution in [0.15, 0.2) is 41.3 Å². The third-order valence-corrected chi connectivity index (χ3v) is 5.64. The number of rotatable bonds is 6. The number of hydrogen-bond acceptors (Lipinski definition) is 4. The molecule has 0 bridgehead atoms. The fraction of sp³-hybridized carbons (Fsp3) is 0.278. The zero-order valence-corrected chi connectivity index (χ0v) is 15.4. The first-order valence-electron chi connectivity index (χ1n) is 8.26. The molecule has 9 heteroatoms. The Morgan fingerprint density at radius 2 is 2.00 bits per heavy atom. The van der Waals surface area contributed by atoms with E-state index in [0.29, 0.717) is 19.0 Å². The van der Waals surface area contributed by atoms with E-state index in [4.69, 9.17) is 4.74 Å². The molecule has 6 nitrogen and oxygen atoms in total. The molecule has 144 valence electrons. The highest BCUT2D eigenvalue weighted by atomic mass is 32.2. The van der Waals surface area contributed by atoms with Crippen molar-refractivity contribution in [2.45, 2.75) is 18.2 Å². The molecule has 0 aromatic heterocycles. The average molecular weight is 396 g/mol. The summed E-state index contributed by atoms with van der Waals surface area (Å²) >= 11 is 0. The normalized spacial score (nSPS) is 13.5. The van der Waals surface area contributed by atoms with Gasteiger partial charge < -0.3 is 9.64 Å². The summed E-state index contributed by atoms with van der Waals surface area (Å²) in [5.74, 6) is -1.82. The molecule has 0 atom stereocenters. The lowest BCUT2D eigenvalue weighted by Gasteiger charge is -2.15. The van der Waals surface area contributed by atoms with Crippen molar-refractivity contribution in [1.29, 1.82) is 0 Å². The fourth-order valence-corrected chi connectivity index (χ4v) is 3.95. The Labute approximate surface area is 155 Å². The summed E-state index contributed by atoms with van der Waals surface area (Å²) in [6.07, 6.45) is 0.589. The number of nitrogens with zero attached hydrogens (tertiary/aromatic N) is 1. The van der Waals surface area contributed by atoms with Gasteiger partial charge in [0.05, 0.1) is 4.90 Å². The first-order chi connectivity index (χ1) is 12.8. The Hall–Kier alpha value is -2.52. The largest absolute Gasteiger partial charge is 0.489 e. The van der Waals surface area contributed by atoms with Crippen LogP contribution in [0.5, 0.6) is 5.75 Å². The summed E-state index contributed by atoms with van der Waals surface area (Å²) in [6.45, 7) is 1.78. The minimum Gasteiger partial charge on any atom is -0.489 e. The Bertz CT molecular complexity index is 979. The molecule has 0 saturated heterocycles. The summed E-state index contributed by atoms with van der Waals surface area (Å²) in [6, 6.07) is 7.47. The Morgan fingerprint density at radius 3 is 2.70 bits per heavy atom. The van der Waals surface area contributed by atoms with Crippen molar-refractivity contribution in [2.75, 3.05) is 24.6 Å². The number of carbonyl (C=O) groups excluding carboxylic acids is 1. The summed E-state index contributed by atoms with van der Waals surface area (Å²) < 4.78 is 58.6. The van der Waals surface area contributed by atoms with Gasteiger partial charge in [0.25, 0.3) is 0 Å². The molecule has 0 radical (unpaired) electrons. The van der Waals surface area contributed by atoms with Crippen LogP contribution >= 0.6 is 0 Å². The predicted octanol–water partition coefficient (Wildman–Crippen LogP) is 2.23. The quantitative estimate of drug-likeness (QED) is 0.760. The van der Waals surface area contributed by atoms with Gasteiger partial charge in [-0.15, -0.1) is 0 Å². The van der Waals surface area contributed by atoms with Gasteiger partial charge in [-0.3, -0.25) is 4.79 Å². The predicted molar refractivity (Wildman–Crippen MR) is 95.2 cm³/mol. The first kappa shape index (κ1) is 19.2. The van der Waals surface area contributed by atoms with Gasteiger partial charge in [0.15, 0.2) is 11.6 Å². The molecular formula is C18H18F2N2O4S. The van der Waals surface area contributed by atoms with E-state index < -0.39 is 21.7 Å². The minimum absolute atomic E-state index is 0.0830. The van der Waals surface area contributed by atoms with Gasteiger partial charge in [0.2, 0.25) is 15.9 Å². The number of amides is 1. The van der Waals surface area contributed by atoms with Gasteiger partial charge >= 0.3 is 0 Å². The number of sulfonamides is 1. The molecule has 0 aliphatic carbocycles. The summed E-state index contributed by atoms with van der Waals surface area (Å²) in [7, 11) is -3.78. The van der Waals surface area contributed by atoms with Crippen LogP contribution < -0.4 is 14.4 Å². The third-order valence-electron chi connectivity index (χ3n) is 4.18. The van der Waals surface area contributed by atoms with Gasteiger partial charge in [-0.05, 0) is 42.3 Å².